The predicted octanol–water partition coefficient (Wildman–Crippen LogP) is 2.85. The Kier molecular flexibility index (Phi) is 4.15. The van der Waals surface area contributed by atoms with Crippen LogP contribution in [-0.2, 0) is 6.42 Å². The van der Waals surface area contributed by atoms with Crippen LogP contribution in [0.2, 0.25) is 0 Å². The number of nitrogens with one attached hydrogen (secondary N) is 1. The Balaban J connectivity index is 1.47. The van der Waals surface area contributed by atoms with Crippen molar-refractivity contribution in [1.29, 1.82) is 0 Å². The highest BCUT2D eigenvalue weighted by Crippen LogP contribution is 2.38. The summed E-state index contributed by atoms with van der Waals surface area (Å²) in [6, 6.07) is 8.73. The fourth-order valence-corrected chi connectivity index (χ4v) is 4.66. The molecular weight excluding hydrogens is 254 g/mol. The van der Waals surface area contributed by atoms with Crippen LogP contribution in [-0.4, -0.2) is 30.1 Å². The molecule has 0 saturated heterocycles. The van der Waals surface area contributed by atoms with Gasteiger partial charge in [0.2, 0.25) is 0 Å². The molecule has 1 aromatic rings. The second kappa shape index (κ2) is 5.86. The van der Waals surface area contributed by atoms with Gasteiger partial charge in [0.15, 0.2) is 0 Å². The van der Waals surface area contributed by atoms with Crippen molar-refractivity contribution in [2.24, 2.45) is 5.41 Å². The molecule has 2 nitrogen and oxygen atoms in total. The van der Waals surface area contributed by atoms with Gasteiger partial charge in [-0.3, -0.25) is 0 Å². The second-order valence-corrected chi connectivity index (χ2v) is 7.39. The monoisotopic (exact) mass is 277 g/mol. The lowest BCUT2D eigenvalue weighted by Gasteiger charge is -2.27. The Morgan fingerprint density at radius 2 is 2.05 bits per heavy atom. The molecule has 1 saturated carbocycles. The lowest BCUT2D eigenvalue weighted by molar-refractivity contribution is 0.128. The van der Waals surface area contributed by atoms with Crippen LogP contribution in [0, 0.1) is 5.41 Å². The van der Waals surface area contributed by atoms with Gasteiger partial charge in [0.05, 0.1) is 0 Å². The standard InChI is InChI=1S/C16H23NOS/c18-12-16(7-3-4-8-16)11-17-10-14-9-13-5-1-2-6-15(13)19-14/h1-2,5-6,14,17-18H,3-4,7-12H2. The van der Waals surface area contributed by atoms with E-state index in [1.54, 1.807) is 0 Å². The van der Waals surface area contributed by atoms with Gasteiger partial charge >= 0.3 is 0 Å². The Morgan fingerprint density at radius 3 is 2.79 bits per heavy atom. The van der Waals surface area contributed by atoms with E-state index in [0.717, 1.165) is 13.1 Å². The summed E-state index contributed by atoms with van der Waals surface area (Å²) >= 11 is 2.00. The zero-order valence-electron chi connectivity index (χ0n) is 11.4. The molecule has 19 heavy (non-hydrogen) atoms. The number of benzene rings is 1. The molecule has 3 rings (SSSR count). The smallest absolute Gasteiger partial charge is 0.0499 e. The van der Waals surface area contributed by atoms with Crippen molar-refractivity contribution >= 4 is 11.8 Å². The molecule has 1 heterocycles. The van der Waals surface area contributed by atoms with Crippen molar-refractivity contribution in [3.63, 3.8) is 0 Å². The average molecular weight is 277 g/mol. The lowest BCUT2D eigenvalue weighted by atomic mass is 9.87. The molecule has 1 fully saturated rings. The summed E-state index contributed by atoms with van der Waals surface area (Å²) in [5, 5.41) is 13.9. The second-order valence-electron chi connectivity index (χ2n) is 6.05. The third-order valence-corrected chi connectivity index (χ3v) is 5.90. The molecule has 0 radical (unpaired) electrons. The van der Waals surface area contributed by atoms with Crippen LogP contribution in [0.5, 0.6) is 0 Å². The molecule has 0 amide bonds. The summed E-state index contributed by atoms with van der Waals surface area (Å²) in [6.45, 7) is 2.38. The van der Waals surface area contributed by atoms with E-state index in [-0.39, 0.29) is 5.41 Å². The van der Waals surface area contributed by atoms with E-state index in [2.05, 4.69) is 29.6 Å². The highest BCUT2D eigenvalue weighted by atomic mass is 32.2. The maximum atomic E-state index is 9.61. The zero-order chi connectivity index (χ0) is 13.1. The lowest BCUT2D eigenvalue weighted by Crippen LogP contribution is -2.37. The van der Waals surface area contributed by atoms with Crippen LogP contribution in [0.4, 0.5) is 0 Å². The van der Waals surface area contributed by atoms with Crippen molar-refractivity contribution in [2.75, 3.05) is 19.7 Å². The van der Waals surface area contributed by atoms with E-state index in [4.69, 9.17) is 0 Å². The summed E-state index contributed by atoms with van der Waals surface area (Å²) in [6.07, 6.45) is 6.13. The van der Waals surface area contributed by atoms with E-state index in [9.17, 15) is 5.11 Å². The van der Waals surface area contributed by atoms with Crippen molar-refractivity contribution in [1.82, 2.24) is 5.32 Å². The Bertz CT molecular complexity index is 404. The van der Waals surface area contributed by atoms with Gasteiger partial charge in [0.25, 0.3) is 0 Å². The van der Waals surface area contributed by atoms with Crippen molar-refractivity contribution in [2.45, 2.75) is 42.2 Å². The minimum absolute atomic E-state index is 0.177. The number of aliphatic hydroxyl groups is 1. The first-order valence-corrected chi connectivity index (χ1v) is 8.25. The first-order chi connectivity index (χ1) is 9.31. The van der Waals surface area contributed by atoms with Gasteiger partial charge in [0, 0.05) is 35.3 Å². The molecular formula is C16H23NOS. The van der Waals surface area contributed by atoms with Crippen molar-refractivity contribution < 1.29 is 5.11 Å². The quantitative estimate of drug-likeness (QED) is 0.868. The summed E-state index contributed by atoms with van der Waals surface area (Å²) in [5.41, 5.74) is 1.67. The normalized spacial score (nSPS) is 24.6. The van der Waals surface area contributed by atoms with E-state index >= 15 is 0 Å². The molecule has 2 aliphatic rings. The minimum atomic E-state index is 0.177. The SMILES string of the molecule is OCC1(CNCC2Cc3ccccc3S2)CCCC1. The molecule has 1 aromatic carbocycles. The molecule has 104 valence electrons. The molecule has 2 N–H and O–H groups in total. The largest absolute Gasteiger partial charge is 0.396 e. The van der Waals surface area contributed by atoms with Crippen LogP contribution in [0.3, 0.4) is 0 Å². The van der Waals surface area contributed by atoms with Gasteiger partial charge in [-0.05, 0) is 30.9 Å². The number of thioether (sulfide) groups is 1. The zero-order valence-corrected chi connectivity index (χ0v) is 12.2. The van der Waals surface area contributed by atoms with Crippen LogP contribution in [0.1, 0.15) is 31.2 Å². The highest BCUT2D eigenvalue weighted by molar-refractivity contribution is 8.00. The van der Waals surface area contributed by atoms with E-state index in [1.807, 2.05) is 11.8 Å². The number of hydrogen-bond acceptors (Lipinski definition) is 3. The summed E-state index contributed by atoms with van der Waals surface area (Å²) < 4.78 is 0. The fraction of sp³-hybridized carbons (Fsp3) is 0.625. The van der Waals surface area contributed by atoms with Gasteiger partial charge < -0.3 is 10.4 Å². The molecule has 0 spiro atoms. The van der Waals surface area contributed by atoms with Crippen LogP contribution in [0.15, 0.2) is 29.2 Å². The van der Waals surface area contributed by atoms with Crippen LogP contribution >= 0.6 is 11.8 Å². The van der Waals surface area contributed by atoms with Crippen LogP contribution < -0.4 is 5.32 Å². The molecule has 1 aliphatic heterocycles. The fourth-order valence-electron chi connectivity index (χ4n) is 3.38. The van der Waals surface area contributed by atoms with E-state index < -0.39 is 0 Å². The van der Waals surface area contributed by atoms with E-state index in [0.29, 0.717) is 11.9 Å². The number of fused-ring (bicyclic) bond motifs is 1. The molecule has 0 bridgehead atoms. The van der Waals surface area contributed by atoms with Crippen LogP contribution in [0.25, 0.3) is 0 Å². The van der Waals surface area contributed by atoms with Gasteiger partial charge in [0.1, 0.15) is 0 Å². The highest BCUT2D eigenvalue weighted by Gasteiger charge is 2.33. The van der Waals surface area contributed by atoms with Crippen molar-refractivity contribution in [3.05, 3.63) is 29.8 Å². The first-order valence-electron chi connectivity index (χ1n) is 7.37. The predicted molar refractivity (Wildman–Crippen MR) is 80.6 cm³/mol. The van der Waals surface area contributed by atoms with Gasteiger partial charge in [-0.15, -0.1) is 11.8 Å². The third kappa shape index (κ3) is 2.99. The number of hydrogen-bond donors (Lipinski definition) is 2. The molecule has 0 aromatic heterocycles. The minimum Gasteiger partial charge on any atom is -0.396 e. The number of rotatable bonds is 5. The third-order valence-electron chi connectivity index (χ3n) is 4.59. The van der Waals surface area contributed by atoms with E-state index in [1.165, 1.54) is 42.6 Å². The summed E-state index contributed by atoms with van der Waals surface area (Å²) in [7, 11) is 0. The molecule has 3 heteroatoms. The first kappa shape index (κ1) is 13.5. The summed E-state index contributed by atoms with van der Waals surface area (Å²) in [5.74, 6) is 0. The molecule has 1 atom stereocenters. The van der Waals surface area contributed by atoms with Gasteiger partial charge in [-0.25, -0.2) is 0 Å². The Morgan fingerprint density at radius 1 is 1.26 bits per heavy atom. The van der Waals surface area contributed by atoms with Gasteiger partial charge in [-0.2, -0.15) is 0 Å². The topological polar surface area (TPSA) is 32.3 Å². The summed E-state index contributed by atoms with van der Waals surface area (Å²) in [4.78, 5) is 1.45. The Hall–Kier alpha value is -0.510. The maximum Gasteiger partial charge on any atom is 0.0499 e. The molecule has 1 aliphatic carbocycles. The number of aliphatic hydroxyl groups excluding tert-OH is 1. The van der Waals surface area contributed by atoms with Gasteiger partial charge in [-0.1, -0.05) is 31.0 Å². The molecule has 1 unspecified atom stereocenters. The Labute approximate surface area is 120 Å². The maximum absolute atomic E-state index is 9.61. The van der Waals surface area contributed by atoms with Crippen molar-refractivity contribution in [3.8, 4) is 0 Å². The average Bonchev–Trinajstić information content (AvgIpc) is 3.05.